The van der Waals surface area contributed by atoms with Crippen LogP contribution in [0.4, 0.5) is 0 Å². The molecule has 2 heterocycles. The van der Waals surface area contributed by atoms with Gasteiger partial charge in [0, 0.05) is 51.5 Å². The van der Waals surface area contributed by atoms with Gasteiger partial charge in [-0.1, -0.05) is 18.2 Å². The Morgan fingerprint density at radius 1 is 1.23 bits per heavy atom. The van der Waals surface area contributed by atoms with Gasteiger partial charge in [0.2, 0.25) is 0 Å². The van der Waals surface area contributed by atoms with E-state index in [1.807, 2.05) is 7.05 Å². The number of benzene rings is 1. The fourth-order valence-electron chi connectivity index (χ4n) is 3.59. The van der Waals surface area contributed by atoms with Crippen molar-refractivity contribution in [1.82, 2.24) is 14.8 Å². The fourth-order valence-corrected chi connectivity index (χ4v) is 3.59. The summed E-state index contributed by atoms with van der Waals surface area (Å²) < 4.78 is 8.06. The maximum Gasteiger partial charge on any atom is 0.193 e. The predicted octanol–water partition coefficient (Wildman–Crippen LogP) is 3.73. The Morgan fingerprint density at radius 2 is 2.00 bits per heavy atom. The van der Waals surface area contributed by atoms with Crippen LogP contribution in [0.2, 0.25) is 0 Å². The number of fused-ring (bicyclic) bond motifs is 1. The van der Waals surface area contributed by atoms with Crippen molar-refractivity contribution < 1.29 is 4.74 Å². The number of aliphatic imine (C=N–C) groups is 1. The molecule has 5 nitrogen and oxygen atoms in total. The average molecular weight is 470 g/mol. The first-order chi connectivity index (χ1) is 12.3. The molecule has 0 amide bonds. The number of hydrogen-bond acceptors (Lipinski definition) is 2. The lowest BCUT2D eigenvalue weighted by Gasteiger charge is -2.34. The van der Waals surface area contributed by atoms with E-state index in [2.05, 4.69) is 63.2 Å². The van der Waals surface area contributed by atoms with Crippen molar-refractivity contribution in [3.8, 4) is 0 Å². The number of para-hydroxylation sites is 1. The Kier molecular flexibility index (Phi) is 8.71. The summed E-state index contributed by atoms with van der Waals surface area (Å²) in [6.07, 6.45) is 5.85. The lowest BCUT2D eigenvalue weighted by atomic mass is 10.1. The Hall–Kier alpha value is -1.28. The Morgan fingerprint density at radius 3 is 2.73 bits per heavy atom. The van der Waals surface area contributed by atoms with Crippen LogP contribution in [0.25, 0.3) is 10.9 Å². The van der Waals surface area contributed by atoms with Gasteiger partial charge in [-0.15, -0.1) is 24.0 Å². The zero-order valence-corrected chi connectivity index (χ0v) is 18.2. The number of hydrogen-bond donors (Lipinski definition) is 1. The number of likely N-dealkylation sites (tertiary alicyclic amines) is 1. The molecule has 1 aromatic carbocycles. The molecular weight excluding hydrogens is 439 g/mol. The van der Waals surface area contributed by atoms with E-state index in [0.717, 1.165) is 58.0 Å². The van der Waals surface area contributed by atoms with Gasteiger partial charge in [-0.3, -0.25) is 4.99 Å². The van der Waals surface area contributed by atoms with Gasteiger partial charge in [-0.2, -0.15) is 0 Å². The Bertz CT molecular complexity index is 692. The molecule has 1 saturated heterocycles. The second kappa shape index (κ2) is 10.8. The van der Waals surface area contributed by atoms with Gasteiger partial charge in [0.25, 0.3) is 0 Å². The maximum absolute atomic E-state index is 5.73. The summed E-state index contributed by atoms with van der Waals surface area (Å²) in [6, 6.07) is 10.7. The highest BCUT2D eigenvalue weighted by atomic mass is 127. The third-order valence-electron chi connectivity index (χ3n) is 4.89. The average Bonchev–Trinajstić information content (AvgIpc) is 3.06. The van der Waals surface area contributed by atoms with E-state index >= 15 is 0 Å². The van der Waals surface area contributed by atoms with Gasteiger partial charge in [0.05, 0.1) is 6.10 Å². The molecule has 0 aliphatic carbocycles. The number of nitrogens with one attached hydrogen (secondary N) is 1. The van der Waals surface area contributed by atoms with Gasteiger partial charge >= 0.3 is 0 Å². The summed E-state index contributed by atoms with van der Waals surface area (Å²) in [5.41, 5.74) is 1.31. The quantitative estimate of drug-likeness (QED) is 0.303. The van der Waals surface area contributed by atoms with Crippen LogP contribution < -0.4 is 5.32 Å². The zero-order valence-electron chi connectivity index (χ0n) is 15.9. The number of ether oxygens (including phenoxy) is 1. The molecule has 0 spiro atoms. The third-order valence-corrected chi connectivity index (χ3v) is 4.89. The highest BCUT2D eigenvalue weighted by molar-refractivity contribution is 14.0. The van der Waals surface area contributed by atoms with Crippen LogP contribution in [0.1, 0.15) is 26.2 Å². The lowest BCUT2D eigenvalue weighted by molar-refractivity contribution is 0.0264. The molecular formula is C20H31IN4O. The second-order valence-corrected chi connectivity index (χ2v) is 6.54. The zero-order chi connectivity index (χ0) is 17.5. The molecule has 26 heavy (non-hydrogen) atoms. The standard InChI is InChI=1S/C20H30N4O.HI/c1-3-25-18-10-15-24(16-11-18)20(21-2)22-12-6-13-23-14-9-17-7-4-5-8-19(17)23;/h4-5,7-9,14,18H,3,6,10-13,15-16H2,1-2H3,(H,21,22);1H. The summed E-state index contributed by atoms with van der Waals surface area (Å²) in [5.74, 6) is 1.02. The van der Waals surface area contributed by atoms with Crippen molar-refractivity contribution in [1.29, 1.82) is 0 Å². The van der Waals surface area contributed by atoms with Crippen LogP contribution in [0.3, 0.4) is 0 Å². The van der Waals surface area contributed by atoms with Gasteiger partial charge in [0.15, 0.2) is 5.96 Å². The number of rotatable bonds is 6. The summed E-state index contributed by atoms with van der Waals surface area (Å²) in [7, 11) is 1.87. The van der Waals surface area contributed by atoms with E-state index in [9.17, 15) is 0 Å². The normalized spacial score (nSPS) is 15.9. The highest BCUT2D eigenvalue weighted by Gasteiger charge is 2.21. The molecule has 0 radical (unpaired) electrons. The van der Waals surface area contributed by atoms with E-state index in [0.29, 0.717) is 6.10 Å². The molecule has 2 aromatic rings. The van der Waals surface area contributed by atoms with Crippen LogP contribution in [0, 0.1) is 0 Å². The van der Waals surface area contributed by atoms with Gasteiger partial charge < -0.3 is 19.5 Å². The summed E-state index contributed by atoms with van der Waals surface area (Å²) >= 11 is 0. The fraction of sp³-hybridized carbons (Fsp3) is 0.550. The monoisotopic (exact) mass is 470 g/mol. The van der Waals surface area contributed by atoms with Crippen molar-refractivity contribution in [3.05, 3.63) is 36.5 Å². The van der Waals surface area contributed by atoms with Crippen molar-refractivity contribution in [3.63, 3.8) is 0 Å². The second-order valence-electron chi connectivity index (χ2n) is 6.54. The third kappa shape index (κ3) is 5.36. The lowest BCUT2D eigenvalue weighted by Crippen LogP contribution is -2.47. The summed E-state index contributed by atoms with van der Waals surface area (Å²) in [5, 5.41) is 4.83. The van der Waals surface area contributed by atoms with Crippen LogP contribution >= 0.6 is 24.0 Å². The first kappa shape index (κ1) is 21.0. The number of halogens is 1. The van der Waals surface area contributed by atoms with E-state index in [4.69, 9.17) is 4.74 Å². The molecule has 6 heteroatoms. The molecule has 144 valence electrons. The molecule has 0 saturated carbocycles. The van der Waals surface area contributed by atoms with E-state index < -0.39 is 0 Å². The van der Waals surface area contributed by atoms with Crippen molar-refractivity contribution in [2.24, 2.45) is 4.99 Å². The molecule has 0 bridgehead atoms. The Balaban J connectivity index is 0.00000243. The number of piperidine rings is 1. The van der Waals surface area contributed by atoms with Crippen molar-refractivity contribution in [2.45, 2.75) is 38.8 Å². The molecule has 1 fully saturated rings. The van der Waals surface area contributed by atoms with Crippen molar-refractivity contribution in [2.75, 3.05) is 33.3 Å². The van der Waals surface area contributed by atoms with E-state index in [1.54, 1.807) is 0 Å². The predicted molar refractivity (Wildman–Crippen MR) is 120 cm³/mol. The maximum atomic E-state index is 5.73. The number of guanidine groups is 1. The highest BCUT2D eigenvalue weighted by Crippen LogP contribution is 2.15. The van der Waals surface area contributed by atoms with E-state index in [-0.39, 0.29) is 24.0 Å². The number of aromatic nitrogens is 1. The molecule has 0 unspecified atom stereocenters. The first-order valence-electron chi connectivity index (χ1n) is 9.43. The molecule has 0 atom stereocenters. The summed E-state index contributed by atoms with van der Waals surface area (Å²) in [4.78, 5) is 6.80. The van der Waals surface area contributed by atoms with Gasteiger partial charge in [0.1, 0.15) is 0 Å². The van der Waals surface area contributed by atoms with Crippen LogP contribution in [-0.2, 0) is 11.3 Å². The topological polar surface area (TPSA) is 41.8 Å². The van der Waals surface area contributed by atoms with Gasteiger partial charge in [-0.05, 0) is 43.7 Å². The minimum Gasteiger partial charge on any atom is -0.378 e. The minimum absolute atomic E-state index is 0. The van der Waals surface area contributed by atoms with Crippen molar-refractivity contribution >= 4 is 40.8 Å². The molecule has 3 rings (SSSR count). The molecule has 1 aliphatic heterocycles. The van der Waals surface area contributed by atoms with Crippen LogP contribution in [0.15, 0.2) is 41.5 Å². The molecule has 1 N–H and O–H groups in total. The smallest absolute Gasteiger partial charge is 0.193 e. The number of aryl methyl sites for hydroxylation is 1. The molecule has 1 aromatic heterocycles. The summed E-state index contributed by atoms with van der Waals surface area (Å²) in [6.45, 7) is 6.88. The SMILES string of the molecule is CCOC1CCN(C(=NC)NCCCn2ccc3ccccc32)CC1.I. The molecule has 1 aliphatic rings. The van der Waals surface area contributed by atoms with Crippen LogP contribution in [-0.4, -0.2) is 54.8 Å². The van der Waals surface area contributed by atoms with Crippen LogP contribution in [0.5, 0.6) is 0 Å². The first-order valence-corrected chi connectivity index (χ1v) is 9.43. The van der Waals surface area contributed by atoms with E-state index in [1.165, 1.54) is 10.9 Å². The van der Waals surface area contributed by atoms with Gasteiger partial charge in [-0.25, -0.2) is 0 Å². The minimum atomic E-state index is 0. The number of nitrogens with zero attached hydrogens (tertiary/aromatic N) is 3. The largest absolute Gasteiger partial charge is 0.378 e. The Labute approximate surface area is 173 Å².